The maximum atomic E-state index is 13.2. The molecule has 0 atom stereocenters. The van der Waals surface area contributed by atoms with Crippen molar-refractivity contribution < 1.29 is 23.1 Å². The van der Waals surface area contributed by atoms with Gasteiger partial charge in [-0.3, -0.25) is 4.79 Å². The van der Waals surface area contributed by atoms with Crippen LogP contribution in [0.25, 0.3) is 0 Å². The van der Waals surface area contributed by atoms with Gasteiger partial charge < -0.3 is 10.8 Å². The number of nitrogen functional groups attached to an aromatic ring is 1. The summed E-state index contributed by atoms with van der Waals surface area (Å²) >= 11 is 0. The molecule has 1 aromatic heterocycles. The molecule has 0 unspecified atom stereocenters. The number of nitrogens with zero attached hydrogens (tertiary/aromatic N) is 1. The molecule has 0 fully saturated rings. The molecule has 3 N–H and O–H groups in total. The van der Waals surface area contributed by atoms with Crippen molar-refractivity contribution in [2.24, 2.45) is 0 Å². The maximum absolute atomic E-state index is 13.2. The van der Waals surface area contributed by atoms with Crippen molar-refractivity contribution in [2.45, 2.75) is 12.8 Å². The third kappa shape index (κ3) is 2.58. The van der Waals surface area contributed by atoms with Crippen LogP contribution in [-0.4, -0.2) is 16.1 Å². The molecule has 0 amide bonds. The van der Waals surface area contributed by atoms with Gasteiger partial charge in [0.15, 0.2) is 5.82 Å². The Kier molecular flexibility index (Phi) is 3.13. The Morgan fingerprint density at radius 2 is 2.20 bits per heavy atom. The van der Waals surface area contributed by atoms with E-state index in [1.807, 2.05) is 0 Å². The molecule has 4 nitrogen and oxygen atoms in total. The molecule has 1 aromatic rings. The van der Waals surface area contributed by atoms with Crippen LogP contribution in [0, 0.1) is 5.82 Å². The first-order valence-corrected chi connectivity index (χ1v) is 3.86. The Labute approximate surface area is 82.5 Å². The summed E-state index contributed by atoms with van der Waals surface area (Å²) in [4.78, 5) is 13.6. The Morgan fingerprint density at radius 1 is 1.60 bits per heavy atom. The molecular weight excluding hydrogens is 213 g/mol. The summed E-state index contributed by atoms with van der Waals surface area (Å²) in [6.45, 7) is 0. The number of aliphatic carboxylic acids is 1. The number of rotatable bonds is 3. The van der Waals surface area contributed by atoms with Crippen LogP contribution < -0.4 is 5.73 Å². The van der Waals surface area contributed by atoms with Gasteiger partial charge in [0.25, 0.3) is 6.43 Å². The average Bonchev–Trinajstić information content (AvgIpc) is 2.09. The van der Waals surface area contributed by atoms with Crippen molar-refractivity contribution in [3.63, 3.8) is 0 Å². The van der Waals surface area contributed by atoms with Crippen molar-refractivity contribution >= 4 is 11.8 Å². The third-order valence-electron chi connectivity index (χ3n) is 1.63. The van der Waals surface area contributed by atoms with Gasteiger partial charge in [0, 0.05) is 0 Å². The average molecular weight is 220 g/mol. The van der Waals surface area contributed by atoms with Gasteiger partial charge in [-0.25, -0.2) is 18.2 Å². The molecule has 0 aliphatic carbocycles. The van der Waals surface area contributed by atoms with E-state index in [0.717, 1.165) is 0 Å². The number of hydrogen-bond donors (Lipinski definition) is 2. The highest BCUT2D eigenvalue weighted by molar-refractivity contribution is 5.70. The fourth-order valence-corrected chi connectivity index (χ4v) is 1.05. The fourth-order valence-electron chi connectivity index (χ4n) is 1.05. The molecule has 0 bridgehead atoms. The molecule has 0 saturated heterocycles. The number of halogens is 3. The molecule has 7 heteroatoms. The Balaban J connectivity index is 3.21. The molecule has 0 aromatic carbocycles. The lowest BCUT2D eigenvalue weighted by Crippen LogP contribution is -2.09. The van der Waals surface area contributed by atoms with Gasteiger partial charge in [0.2, 0.25) is 0 Å². The third-order valence-corrected chi connectivity index (χ3v) is 1.63. The van der Waals surface area contributed by atoms with Gasteiger partial charge in [0.1, 0.15) is 5.82 Å². The van der Waals surface area contributed by atoms with Gasteiger partial charge >= 0.3 is 5.97 Å². The highest BCUT2D eigenvalue weighted by Crippen LogP contribution is 2.25. The molecule has 0 spiro atoms. The van der Waals surface area contributed by atoms with Crippen molar-refractivity contribution in [2.75, 3.05) is 5.73 Å². The second-order valence-electron chi connectivity index (χ2n) is 2.77. The zero-order valence-corrected chi connectivity index (χ0v) is 7.38. The maximum Gasteiger partial charge on any atom is 0.309 e. The van der Waals surface area contributed by atoms with Gasteiger partial charge in [-0.1, -0.05) is 0 Å². The highest BCUT2D eigenvalue weighted by atomic mass is 19.3. The SMILES string of the molecule is Nc1cc(C(F)F)c(F)c(CC(=O)O)n1. The summed E-state index contributed by atoms with van der Waals surface area (Å²) in [6.07, 6.45) is -3.83. The number of hydrogen-bond acceptors (Lipinski definition) is 3. The molecule has 1 rings (SSSR count). The van der Waals surface area contributed by atoms with Crippen LogP contribution in [0.3, 0.4) is 0 Å². The van der Waals surface area contributed by atoms with Crippen molar-refractivity contribution in [3.8, 4) is 0 Å². The zero-order chi connectivity index (χ0) is 11.6. The monoisotopic (exact) mass is 220 g/mol. The van der Waals surface area contributed by atoms with E-state index in [9.17, 15) is 18.0 Å². The molecular formula is C8H7F3N2O2. The summed E-state index contributed by atoms with van der Waals surface area (Å²) in [6, 6.07) is 0.686. The second kappa shape index (κ2) is 4.16. The van der Waals surface area contributed by atoms with Gasteiger partial charge in [-0.2, -0.15) is 0 Å². The van der Waals surface area contributed by atoms with E-state index in [-0.39, 0.29) is 5.82 Å². The highest BCUT2D eigenvalue weighted by Gasteiger charge is 2.20. The standard InChI is InChI=1S/C8H7F3N2O2/c9-7-3(8(10)11)1-5(12)13-4(7)2-6(14)15/h1,8H,2H2,(H2,12,13)(H,14,15). The van der Waals surface area contributed by atoms with Gasteiger partial charge in [-0.15, -0.1) is 0 Å². The van der Waals surface area contributed by atoms with Crippen LogP contribution in [0.2, 0.25) is 0 Å². The van der Waals surface area contributed by atoms with E-state index in [4.69, 9.17) is 10.8 Å². The molecule has 15 heavy (non-hydrogen) atoms. The number of nitrogens with two attached hydrogens (primary N) is 1. The number of carbonyl (C=O) groups is 1. The van der Waals surface area contributed by atoms with E-state index >= 15 is 0 Å². The van der Waals surface area contributed by atoms with E-state index in [1.54, 1.807) is 0 Å². The predicted molar refractivity (Wildman–Crippen MR) is 44.9 cm³/mol. The first kappa shape index (κ1) is 11.3. The van der Waals surface area contributed by atoms with Crippen molar-refractivity contribution in [1.82, 2.24) is 4.98 Å². The normalized spacial score (nSPS) is 10.7. The quantitative estimate of drug-likeness (QED) is 0.806. The molecule has 0 aliphatic rings. The topological polar surface area (TPSA) is 76.2 Å². The smallest absolute Gasteiger partial charge is 0.309 e. The van der Waals surface area contributed by atoms with E-state index in [1.165, 1.54) is 0 Å². The van der Waals surface area contributed by atoms with Crippen LogP contribution in [0.5, 0.6) is 0 Å². The van der Waals surface area contributed by atoms with Crippen LogP contribution in [-0.2, 0) is 11.2 Å². The van der Waals surface area contributed by atoms with Crippen LogP contribution in [0.1, 0.15) is 17.7 Å². The number of alkyl halides is 2. The summed E-state index contributed by atoms with van der Waals surface area (Å²) in [5.74, 6) is -3.02. The first-order valence-electron chi connectivity index (χ1n) is 3.86. The minimum atomic E-state index is -3.05. The van der Waals surface area contributed by atoms with Crippen molar-refractivity contribution in [3.05, 3.63) is 23.1 Å². The van der Waals surface area contributed by atoms with E-state index in [0.29, 0.717) is 6.07 Å². The molecule has 0 radical (unpaired) electrons. The Morgan fingerprint density at radius 3 is 2.67 bits per heavy atom. The minimum Gasteiger partial charge on any atom is -0.481 e. The largest absolute Gasteiger partial charge is 0.481 e. The number of aromatic nitrogens is 1. The molecule has 1 heterocycles. The summed E-state index contributed by atoms with van der Waals surface area (Å²) in [7, 11) is 0. The van der Waals surface area contributed by atoms with E-state index in [2.05, 4.69) is 4.98 Å². The summed E-state index contributed by atoms with van der Waals surface area (Å²) in [5, 5.41) is 8.38. The first-order chi connectivity index (χ1) is 6.91. The van der Waals surface area contributed by atoms with E-state index < -0.39 is 35.9 Å². The molecule has 0 aliphatic heterocycles. The lowest BCUT2D eigenvalue weighted by atomic mass is 10.1. The number of carboxylic acids is 1. The number of carboxylic acid groups (broad SMARTS) is 1. The lowest BCUT2D eigenvalue weighted by molar-refractivity contribution is -0.136. The summed E-state index contributed by atoms with van der Waals surface area (Å²) in [5.41, 5.74) is 3.62. The Bertz CT molecular complexity index is 396. The van der Waals surface area contributed by atoms with Crippen LogP contribution >= 0.6 is 0 Å². The van der Waals surface area contributed by atoms with Crippen molar-refractivity contribution in [1.29, 1.82) is 0 Å². The van der Waals surface area contributed by atoms with Gasteiger partial charge in [-0.05, 0) is 6.07 Å². The minimum absolute atomic E-state index is 0.331. The number of pyridine rings is 1. The van der Waals surface area contributed by atoms with Crippen LogP contribution in [0.15, 0.2) is 6.07 Å². The second-order valence-corrected chi connectivity index (χ2v) is 2.77. The Hall–Kier alpha value is -1.79. The number of anilines is 1. The fraction of sp³-hybridized carbons (Fsp3) is 0.250. The lowest BCUT2D eigenvalue weighted by Gasteiger charge is -2.06. The zero-order valence-electron chi connectivity index (χ0n) is 7.38. The summed E-state index contributed by atoms with van der Waals surface area (Å²) < 4.78 is 37.7. The molecule has 0 saturated carbocycles. The van der Waals surface area contributed by atoms with Crippen LogP contribution in [0.4, 0.5) is 19.0 Å². The van der Waals surface area contributed by atoms with Gasteiger partial charge in [0.05, 0.1) is 17.7 Å². The molecule has 82 valence electrons. The predicted octanol–water partition coefficient (Wildman–Crippen LogP) is 1.37.